The highest BCUT2D eigenvalue weighted by molar-refractivity contribution is 6.32. The van der Waals surface area contributed by atoms with Gasteiger partial charge in [0.25, 0.3) is 5.56 Å². The third-order valence-corrected chi connectivity index (χ3v) is 3.60. The number of methoxy groups -OCH3 is 1. The Labute approximate surface area is 117 Å². The number of aromatic nitrogens is 2. The minimum absolute atomic E-state index is 0.0149. The number of halogens is 1. The van der Waals surface area contributed by atoms with E-state index >= 15 is 0 Å². The molecule has 0 saturated carbocycles. The van der Waals surface area contributed by atoms with Gasteiger partial charge in [-0.05, 0) is 13.8 Å². The largest absolute Gasteiger partial charge is 0.378 e. The smallest absolute Gasteiger partial charge is 0.287 e. The van der Waals surface area contributed by atoms with Gasteiger partial charge in [-0.3, -0.25) is 4.79 Å². The van der Waals surface area contributed by atoms with Crippen LogP contribution in [0.2, 0.25) is 5.02 Å². The van der Waals surface area contributed by atoms with Crippen molar-refractivity contribution in [2.45, 2.75) is 32.0 Å². The van der Waals surface area contributed by atoms with E-state index in [0.717, 1.165) is 13.1 Å². The van der Waals surface area contributed by atoms with Crippen LogP contribution in [0.25, 0.3) is 0 Å². The molecule has 1 fully saturated rings. The summed E-state index contributed by atoms with van der Waals surface area (Å²) < 4.78 is 6.73. The molecule has 2 N–H and O–H groups in total. The zero-order chi connectivity index (χ0) is 14.0. The highest BCUT2D eigenvalue weighted by atomic mass is 35.5. The fourth-order valence-corrected chi connectivity index (χ4v) is 2.35. The molecule has 0 bridgehead atoms. The summed E-state index contributed by atoms with van der Waals surface area (Å²) in [6, 6.07) is 0.0671. The molecule has 1 aliphatic rings. The minimum Gasteiger partial charge on any atom is -0.378 e. The predicted octanol–water partition coefficient (Wildman–Crippen LogP) is 0.876. The first kappa shape index (κ1) is 14.3. The van der Waals surface area contributed by atoms with Crippen LogP contribution in [0.3, 0.4) is 0 Å². The summed E-state index contributed by atoms with van der Waals surface area (Å²) in [5.74, 6) is 0. The second kappa shape index (κ2) is 5.90. The molecule has 106 valence electrons. The monoisotopic (exact) mass is 286 g/mol. The lowest BCUT2D eigenvalue weighted by Crippen LogP contribution is -2.35. The van der Waals surface area contributed by atoms with Crippen LogP contribution in [-0.2, 0) is 4.74 Å². The Hall–Kier alpha value is -1.11. The molecule has 2 rings (SSSR count). The number of hydrogen-bond donors (Lipinski definition) is 2. The van der Waals surface area contributed by atoms with E-state index in [4.69, 9.17) is 16.3 Å². The molecule has 0 radical (unpaired) electrons. The van der Waals surface area contributed by atoms with Gasteiger partial charge in [0.05, 0.1) is 30.1 Å². The maximum atomic E-state index is 12.0. The van der Waals surface area contributed by atoms with Gasteiger partial charge >= 0.3 is 0 Å². The van der Waals surface area contributed by atoms with Crippen LogP contribution in [0, 0.1) is 0 Å². The maximum absolute atomic E-state index is 12.0. The fourth-order valence-electron chi connectivity index (χ4n) is 2.16. The van der Waals surface area contributed by atoms with Crippen LogP contribution < -0.4 is 16.2 Å². The molecule has 7 heteroatoms. The van der Waals surface area contributed by atoms with E-state index < -0.39 is 0 Å². The lowest BCUT2D eigenvalue weighted by atomic mass is 10.2. The van der Waals surface area contributed by atoms with Crippen molar-refractivity contribution in [1.29, 1.82) is 0 Å². The summed E-state index contributed by atoms with van der Waals surface area (Å²) in [6.07, 6.45) is 1.65. The molecule has 1 aliphatic heterocycles. The lowest BCUT2D eigenvalue weighted by molar-refractivity contribution is 0.111. The third kappa shape index (κ3) is 2.91. The van der Waals surface area contributed by atoms with Crippen molar-refractivity contribution < 1.29 is 4.74 Å². The van der Waals surface area contributed by atoms with Gasteiger partial charge in [0.15, 0.2) is 0 Å². The summed E-state index contributed by atoms with van der Waals surface area (Å²) in [4.78, 5) is 12.0. The molecule has 1 saturated heterocycles. The Morgan fingerprint density at radius 1 is 1.58 bits per heavy atom. The highest BCUT2D eigenvalue weighted by Crippen LogP contribution is 2.19. The average molecular weight is 287 g/mol. The number of ether oxygens (including phenoxy) is 1. The van der Waals surface area contributed by atoms with Crippen molar-refractivity contribution in [2.75, 3.05) is 25.5 Å². The Bertz CT molecular complexity index is 503. The summed E-state index contributed by atoms with van der Waals surface area (Å²) >= 11 is 6.11. The summed E-state index contributed by atoms with van der Waals surface area (Å²) in [5, 5.41) is 10.7. The van der Waals surface area contributed by atoms with Gasteiger partial charge in [0.2, 0.25) is 0 Å². The molecule has 2 atom stereocenters. The van der Waals surface area contributed by atoms with E-state index in [1.165, 1.54) is 4.68 Å². The van der Waals surface area contributed by atoms with Crippen LogP contribution in [0.4, 0.5) is 5.69 Å². The Morgan fingerprint density at radius 3 is 2.95 bits per heavy atom. The van der Waals surface area contributed by atoms with Crippen molar-refractivity contribution in [2.24, 2.45) is 0 Å². The molecule has 0 aliphatic carbocycles. The van der Waals surface area contributed by atoms with Crippen molar-refractivity contribution in [3.63, 3.8) is 0 Å². The summed E-state index contributed by atoms with van der Waals surface area (Å²) in [6.45, 7) is 5.32. The molecule has 0 spiro atoms. The SMILES string of the molecule is CO[C@H]1CNCC1Nc1cnn(C(C)C)c(=O)c1Cl. The molecular weight excluding hydrogens is 268 g/mol. The number of anilines is 1. The quantitative estimate of drug-likeness (QED) is 0.860. The van der Waals surface area contributed by atoms with Gasteiger partial charge in [0.1, 0.15) is 5.02 Å². The highest BCUT2D eigenvalue weighted by Gasteiger charge is 2.27. The van der Waals surface area contributed by atoms with Crippen LogP contribution in [0.5, 0.6) is 0 Å². The molecule has 0 amide bonds. The topological polar surface area (TPSA) is 68.2 Å². The van der Waals surface area contributed by atoms with Gasteiger partial charge in [-0.2, -0.15) is 5.10 Å². The number of rotatable bonds is 4. The molecule has 19 heavy (non-hydrogen) atoms. The van der Waals surface area contributed by atoms with E-state index in [1.807, 2.05) is 13.8 Å². The van der Waals surface area contributed by atoms with Crippen molar-refractivity contribution in [1.82, 2.24) is 15.1 Å². The Balaban J connectivity index is 2.22. The number of nitrogens with one attached hydrogen (secondary N) is 2. The van der Waals surface area contributed by atoms with Crippen molar-refractivity contribution in [3.8, 4) is 0 Å². The first-order chi connectivity index (χ1) is 9.04. The molecule has 1 unspecified atom stereocenters. The minimum atomic E-state index is -0.276. The first-order valence-electron chi connectivity index (χ1n) is 6.32. The van der Waals surface area contributed by atoms with E-state index in [9.17, 15) is 4.79 Å². The van der Waals surface area contributed by atoms with Gasteiger partial charge in [-0.25, -0.2) is 4.68 Å². The zero-order valence-electron chi connectivity index (χ0n) is 11.3. The Morgan fingerprint density at radius 2 is 2.32 bits per heavy atom. The molecule has 1 aromatic rings. The van der Waals surface area contributed by atoms with Gasteiger partial charge < -0.3 is 15.4 Å². The molecule has 0 aromatic carbocycles. The molecule has 6 nitrogen and oxygen atoms in total. The lowest BCUT2D eigenvalue weighted by Gasteiger charge is -2.20. The van der Waals surface area contributed by atoms with Crippen LogP contribution in [0.1, 0.15) is 19.9 Å². The molecule has 2 heterocycles. The first-order valence-corrected chi connectivity index (χ1v) is 6.69. The molecular formula is C12H19ClN4O2. The van der Waals surface area contributed by atoms with Gasteiger partial charge in [0, 0.05) is 20.2 Å². The summed E-state index contributed by atoms with van der Waals surface area (Å²) in [7, 11) is 1.67. The van der Waals surface area contributed by atoms with Crippen LogP contribution in [-0.4, -0.2) is 42.1 Å². The van der Waals surface area contributed by atoms with Crippen molar-refractivity contribution >= 4 is 17.3 Å². The van der Waals surface area contributed by atoms with Crippen molar-refractivity contribution in [3.05, 3.63) is 21.6 Å². The molecule has 1 aromatic heterocycles. The predicted molar refractivity (Wildman–Crippen MR) is 75.0 cm³/mol. The second-order valence-electron chi connectivity index (χ2n) is 4.90. The van der Waals surface area contributed by atoms with Gasteiger partial charge in [-0.1, -0.05) is 11.6 Å². The number of hydrogen-bond acceptors (Lipinski definition) is 5. The van der Waals surface area contributed by atoms with Crippen LogP contribution in [0.15, 0.2) is 11.0 Å². The van der Waals surface area contributed by atoms with Gasteiger partial charge in [-0.15, -0.1) is 0 Å². The normalized spacial score (nSPS) is 23.0. The van der Waals surface area contributed by atoms with E-state index in [2.05, 4.69) is 15.7 Å². The summed E-state index contributed by atoms with van der Waals surface area (Å²) in [5.41, 5.74) is 0.279. The maximum Gasteiger partial charge on any atom is 0.287 e. The van der Waals surface area contributed by atoms with E-state index in [0.29, 0.717) is 5.69 Å². The average Bonchev–Trinajstić information content (AvgIpc) is 2.82. The number of nitrogens with zero attached hydrogens (tertiary/aromatic N) is 2. The van der Waals surface area contributed by atoms with Crippen LogP contribution >= 0.6 is 11.6 Å². The zero-order valence-corrected chi connectivity index (χ0v) is 12.1. The van der Waals surface area contributed by atoms with E-state index in [-0.39, 0.29) is 28.8 Å². The van der Waals surface area contributed by atoms with E-state index in [1.54, 1.807) is 13.3 Å². The second-order valence-corrected chi connectivity index (χ2v) is 5.28. The standard InChI is InChI=1S/C12H19ClN4O2/c1-7(2)17-12(18)11(13)9(5-15-17)16-8-4-14-6-10(8)19-3/h5,7-8,10,14,16H,4,6H2,1-3H3/t8?,10-/m0/s1. The fraction of sp³-hybridized carbons (Fsp3) is 0.667. The third-order valence-electron chi connectivity index (χ3n) is 3.23. The Kier molecular flexibility index (Phi) is 4.44.